The van der Waals surface area contributed by atoms with Crippen molar-refractivity contribution in [1.29, 1.82) is 0 Å². The minimum Gasteiger partial charge on any atom is -0.317 e. The number of nitrogens with zero attached hydrogens (tertiary/aromatic N) is 1. The van der Waals surface area contributed by atoms with Gasteiger partial charge < -0.3 is 5.32 Å². The summed E-state index contributed by atoms with van der Waals surface area (Å²) < 4.78 is 37.1. The highest BCUT2D eigenvalue weighted by Crippen LogP contribution is 2.18. The molecule has 0 aliphatic rings. The molecule has 5 heteroatoms. The van der Waals surface area contributed by atoms with Crippen LogP contribution >= 0.6 is 0 Å². The van der Waals surface area contributed by atoms with E-state index in [1.54, 1.807) is 0 Å². The van der Waals surface area contributed by atoms with Crippen molar-refractivity contribution in [3.8, 4) is 0 Å². The lowest BCUT2D eigenvalue weighted by molar-refractivity contribution is -0.149. The Kier molecular flexibility index (Phi) is 10.3. The molecule has 0 atom stereocenters. The molecule has 0 unspecified atom stereocenters. The van der Waals surface area contributed by atoms with Gasteiger partial charge in [0.15, 0.2) is 0 Å². The molecule has 0 heterocycles. The molecule has 0 aromatic heterocycles. The zero-order valence-electron chi connectivity index (χ0n) is 12.5. The molecule has 0 saturated carbocycles. The molecular formula is C14H29F3N2. The molecule has 0 rings (SSSR count). The van der Waals surface area contributed by atoms with E-state index in [9.17, 15) is 13.2 Å². The molecule has 1 N–H and O–H groups in total. The maximum atomic E-state index is 12.4. The molecule has 0 aromatic carbocycles. The molecule has 2 nitrogen and oxygen atoms in total. The number of unbranched alkanes of at least 4 members (excludes halogenated alkanes) is 3. The Balaban J connectivity index is 3.60. The van der Waals surface area contributed by atoms with E-state index in [1.165, 1.54) is 4.90 Å². The number of halogens is 3. The zero-order chi connectivity index (χ0) is 14.7. The summed E-state index contributed by atoms with van der Waals surface area (Å²) in [7, 11) is 0. The van der Waals surface area contributed by atoms with Gasteiger partial charge >= 0.3 is 6.18 Å². The lowest BCUT2D eigenvalue weighted by Crippen LogP contribution is -2.39. The summed E-state index contributed by atoms with van der Waals surface area (Å²) in [5.74, 6) is 0. The fourth-order valence-electron chi connectivity index (χ4n) is 1.97. The molecule has 0 aromatic rings. The van der Waals surface area contributed by atoms with Crippen LogP contribution in [0.25, 0.3) is 0 Å². The number of hydrogen-bond acceptors (Lipinski definition) is 2. The molecular weight excluding hydrogens is 253 g/mol. The molecule has 0 saturated heterocycles. The van der Waals surface area contributed by atoms with Crippen LogP contribution in [0.2, 0.25) is 0 Å². The van der Waals surface area contributed by atoms with Crippen LogP contribution in [0.5, 0.6) is 0 Å². The van der Waals surface area contributed by atoms with E-state index in [-0.39, 0.29) is 6.04 Å². The SMILES string of the molecule is CCCNCCCCCCN(CC(F)(F)F)C(C)C. The van der Waals surface area contributed by atoms with Crippen molar-refractivity contribution in [2.45, 2.75) is 65.1 Å². The fraction of sp³-hybridized carbons (Fsp3) is 1.00. The molecule has 0 bridgehead atoms. The van der Waals surface area contributed by atoms with Gasteiger partial charge in [0.2, 0.25) is 0 Å². The van der Waals surface area contributed by atoms with E-state index in [2.05, 4.69) is 12.2 Å². The highest BCUT2D eigenvalue weighted by Gasteiger charge is 2.31. The highest BCUT2D eigenvalue weighted by molar-refractivity contribution is 4.67. The summed E-state index contributed by atoms with van der Waals surface area (Å²) in [5, 5.41) is 3.32. The van der Waals surface area contributed by atoms with Crippen molar-refractivity contribution in [3.05, 3.63) is 0 Å². The van der Waals surface area contributed by atoms with Gasteiger partial charge in [-0.2, -0.15) is 13.2 Å². The van der Waals surface area contributed by atoms with Crippen LogP contribution in [0, 0.1) is 0 Å². The Hall–Kier alpha value is -0.290. The van der Waals surface area contributed by atoms with E-state index in [1.807, 2.05) is 13.8 Å². The predicted molar refractivity (Wildman–Crippen MR) is 74.4 cm³/mol. The van der Waals surface area contributed by atoms with Crippen molar-refractivity contribution in [1.82, 2.24) is 10.2 Å². The van der Waals surface area contributed by atoms with E-state index in [0.29, 0.717) is 6.54 Å². The smallest absolute Gasteiger partial charge is 0.317 e. The van der Waals surface area contributed by atoms with Crippen LogP contribution in [0.15, 0.2) is 0 Å². The second kappa shape index (κ2) is 10.5. The summed E-state index contributed by atoms with van der Waals surface area (Å²) in [6, 6.07) is -0.0483. The van der Waals surface area contributed by atoms with Crippen LogP contribution in [0.1, 0.15) is 52.9 Å². The first kappa shape index (κ1) is 18.7. The van der Waals surface area contributed by atoms with Crippen LogP contribution in [0.3, 0.4) is 0 Å². The average Bonchev–Trinajstić information content (AvgIpc) is 2.29. The van der Waals surface area contributed by atoms with Gasteiger partial charge in [-0.15, -0.1) is 0 Å². The first-order valence-corrected chi connectivity index (χ1v) is 7.38. The van der Waals surface area contributed by atoms with Crippen molar-refractivity contribution < 1.29 is 13.2 Å². The van der Waals surface area contributed by atoms with Crippen molar-refractivity contribution in [3.63, 3.8) is 0 Å². The Morgan fingerprint density at radius 1 is 1.00 bits per heavy atom. The molecule has 0 amide bonds. The highest BCUT2D eigenvalue weighted by atomic mass is 19.4. The third kappa shape index (κ3) is 12.5. The summed E-state index contributed by atoms with van der Waals surface area (Å²) in [6.07, 6.45) is 1.11. The van der Waals surface area contributed by atoms with E-state index in [4.69, 9.17) is 0 Å². The molecule has 19 heavy (non-hydrogen) atoms. The monoisotopic (exact) mass is 282 g/mol. The van der Waals surface area contributed by atoms with Crippen LogP contribution in [-0.2, 0) is 0 Å². The molecule has 0 radical (unpaired) electrons. The maximum Gasteiger partial charge on any atom is 0.401 e. The average molecular weight is 282 g/mol. The molecule has 0 spiro atoms. The van der Waals surface area contributed by atoms with Crippen molar-refractivity contribution in [2.75, 3.05) is 26.2 Å². The Morgan fingerprint density at radius 2 is 1.63 bits per heavy atom. The van der Waals surface area contributed by atoms with Gasteiger partial charge in [0.1, 0.15) is 0 Å². The van der Waals surface area contributed by atoms with Gasteiger partial charge in [0.25, 0.3) is 0 Å². The number of alkyl halides is 3. The van der Waals surface area contributed by atoms with E-state index < -0.39 is 12.7 Å². The van der Waals surface area contributed by atoms with Gasteiger partial charge in [0, 0.05) is 6.04 Å². The second-order valence-electron chi connectivity index (χ2n) is 5.34. The van der Waals surface area contributed by atoms with Gasteiger partial charge in [-0.05, 0) is 52.7 Å². The second-order valence-corrected chi connectivity index (χ2v) is 5.34. The molecule has 0 fully saturated rings. The molecule has 0 aliphatic carbocycles. The first-order valence-electron chi connectivity index (χ1n) is 7.38. The van der Waals surface area contributed by atoms with E-state index in [0.717, 1.165) is 45.2 Å². The fourth-order valence-corrected chi connectivity index (χ4v) is 1.97. The van der Waals surface area contributed by atoms with Crippen LogP contribution in [-0.4, -0.2) is 43.3 Å². The molecule has 116 valence electrons. The lowest BCUT2D eigenvalue weighted by atomic mass is 10.1. The summed E-state index contributed by atoms with van der Waals surface area (Å²) in [4.78, 5) is 1.51. The third-order valence-corrected chi connectivity index (χ3v) is 3.09. The minimum atomic E-state index is -4.09. The van der Waals surface area contributed by atoms with Gasteiger partial charge in [-0.1, -0.05) is 19.8 Å². The zero-order valence-corrected chi connectivity index (χ0v) is 12.5. The van der Waals surface area contributed by atoms with Crippen molar-refractivity contribution >= 4 is 0 Å². The van der Waals surface area contributed by atoms with Gasteiger partial charge in [-0.3, -0.25) is 4.90 Å². The standard InChI is InChI=1S/C14H29F3N2/c1-4-9-18-10-7-5-6-8-11-19(13(2)3)12-14(15,16)17/h13,18H,4-12H2,1-3H3. The predicted octanol–water partition coefficient (Wildman–Crippen LogP) is 3.82. The number of rotatable bonds is 11. The Morgan fingerprint density at radius 3 is 2.16 bits per heavy atom. The summed E-state index contributed by atoms with van der Waals surface area (Å²) in [5.41, 5.74) is 0. The van der Waals surface area contributed by atoms with Crippen molar-refractivity contribution in [2.24, 2.45) is 0 Å². The summed E-state index contributed by atoms with van der Waals surface area (Å²) >= 11 is 0. The minimum absolute atomic E-state index is 0.0483. The largest absolute Gasteiger partial charge is 0.401 e. The van der Waals surface area contributed by atoms with Crippen LogP contribution in [0.4, 0.5) is 13.2 Å². The maximum absolute atomic E-state index is 12.4. The topological polar surface area (TPSA) is 15.3 Å². The quantitative estimate of drug-likeness (QED) is 0.580. The normalized spacial score (nSPS) is 12.6. The Bertz CT molecular complexity index is 205. The summed E-state index contributed by atoms with van der Waals surface area (Å²) in [6.45, 7) is 7.59. The molecule has 0 aliphatic heterocycles. The van der Waals surface area contributed by atoms with Gasteiger partial charge in [0.05, 0.1) is 6.54 Å². The Labute approximate surface area is 115 Å². The van der Waals surface area contributed by atoms with E-state index >= 15 is 0 Å². The number of hydrogen-bond donors (Lipinski definition) is 1. The third-order valence-electron chi connectivity index (χ3n) is 3.09. The first-order chi connectivity index (χ1) is 8.87. The lowest BCUT2D eigenvalue weighted by Gasteiger charge is -2.27. The van der Waals surface area contributed by atoms with Gasteiger partial charge in [-0.25, -0.2) is 0 Å². The number of nitrogens with one attached hydrogen (secondary N) is 1. The van der Waals surface area contributed by atoms with Crippen LogP contribution < -0.4 is 5.32 Å².